The van der Waals surface area contributed by atoms with Gasteiger partial charge >= 0.3 is 23.5 Å². The zero-order valence-corrected chi connectivity index (χ0v) is 18.5. The van der Waals surface area contributed by atoms with Crippen LogP contribution in [0.15, 0.2) is 12.1 Å². The SMILES string of the molecule is COc1cc(C)c(F)cc1[C@@H]1O[C@H](COP(=O)(O)OP(=O)(O)OP(=O)(O)O)[C@H](O)C1O. The number of rotatable bonds is 9. The quantitative estimate of drug-likeness (QED) is 0.250. The van der Waals surface area contributed by atoms with Crippen LogP contribution >= 0.6 is 23.5 Å². The number of aliphatic hydroxyl groups is 2. The molecule has 2 rings (SSSR count). The molecular formula is C13H20FO14P3. The number of methoxy groups -OCH3 is 1. The monoisotopic (exact) mass is 512 g/mol. The Morgan fingerprint density at radius 2 is 1.65 bits per heavy atom. The number of ether oxygens (including phenoxy) is 2. The van der Waals surface area contributed by atoms with Gasteiger partial charge in [0.05, 0.1) is 13.7 Å². The molecule has 0 saturated carbocycles. The van der Waals surface area contributed by atoms with Crippen molar-refractivity contribution in [2.45, 2.75) is 31.3 Å². The van der Waals surface area contributed by atoms with E-state index >= 15 is 0 Å². The van der Waals surface area contributed by atoms with E-state index in [-0.39, 0.29) is 16.9 Å². The Morgan fingerprint density at radius 3 is 2.19 bits per heavy atom. The van der Waals surface area contributed by atoms with Crippen molar-refractivity contribution in [1.82, 2.24) is 0 Å². The molecule has 6 atom stereocenters. The lowest BCUT2D eigenvalue weighted by molar-refractivity contribution is -0.0228. The topological polar surface area (TPSA) is 219 Å². The first-order valence-corrected chi connectivity index (χ1v) is 12.7. The first kappa shape index (κ1) is 26.5. The fourth-order valence-corrected chi connectivity index (χ4v) is 5.71. The van der Waals surface area contributed by atoms with Gasteiger partial charge in [-0.25, -0.2) is 18.1 Å². The van der Waals surface area contributed by atoms with Crippen molar-refractivity contribution in [2.75, 3.05) is 13.7 Å². The van der Waals surface area contributed by atoms with E-state index < -0.39 is 60.3 Å². The van der Waals surface area contributed by atoms with E-state index in [9.17, 15) is 33.2 Å². The number of hydrogen-bond donors (Lipinski definition) is 6. The van der Waals surface area contributed by atoms with Gasteiger partial charge in [-0.05, 0) is 24.6 Å². The van der Waals surface area contributed by atoms with Gasteiger partial charge in [-0.15, -0.1) is 0 Å². The zero-order chi connectivity index (χ0) is 23.8. The molecule has 0 aromatic heterocycles. The average molecular weight is 512 g/mol. The van der Waals surface area contributed by atoms with Gasteiger partial charge in [0, 0.05) is 5.56 Å². The number of aryl methyl sites for hydroxylation is 1. The Labute approximate surface area is 174 Å². The van der Waals surface area contributed by atoms with E-state index in [1.54, 1.807) is 0 Å². The number of benzene rings is 1. The van der Waals surface area contributed by atoms with E-state index in [1.165, 1.54) is 20.1 Å². The first-order valence-electron chi connectivity index (χ1n) is 8.19. The van der Waals surface area contributed by atoms with Crippen LogP contribution in [0.3, 0.4) is 0 Å². The molecule has 14 nitrogen and oxygen atoms in total. The van der Waals surface area contributed by atoms with Crippen molar-refractivity contribution in [2.24, 2.45) is 0 Å². The molecule has 1 aromatic carbocycles. The summed E-state index contributed by atoms with van der Waals surface area (Å²) >= 11 is 0. The van der Waals surface area contributed by atoms with E-state index in [2.05, 4.69) is 13.1 Å². The second-order valence-corrected chi connectivity index (χ2v) is 10.7. The second kappa shape index (κ2) is 9.62. The minimum Gasteiger partial charge on any atom is -0.496 e. The van der Waals surface area contributed by atoms with Crippen LogP contribution in [0.4, 0.5) is 4.39 Å². The van der Waals surface area contributed by atoms with E-state index in [4.69, 9.17) is 24.2 Å². The molecule has 1 saturated heterocycles. The molecule has 1 aromatic rings. The molecular weight excluding hydrogens is 492 g/mol. The Bertz CT molecular complexity index is 950. The molecule has 0 radical (unpaired) electrons. The van der Waals surface area contributed by atoms with Crippen LogP contribution in [-0.4, -0.2) is 61.8 Å². The molecule has 0 aliphatic carbocycles. The highest BCUT2D eigenvalue weighted by atomic mass is 31.3. The predicted octanol–water partition coefficient (Wildman–Crippen LogP) is 0.648. The molecule has 0 spiro atoms. The maximum absolute atomic E-state index is 14.0. The number of phosphoric ester groups is 1. The molecule has 178 valence electrons. The zero-order valence-electron chi connectivity index (χ0n) is 15.8. The number of halogens is 1. The fourth-order valence-electron chi connectivity index (χ4n) is 2.68. The van der Waals surface area contributed by atoms with Crippen LogP contribution in [0.2, 0.25) is 0 Å². The smallest absolute Gasteiger partial charge is 0.490 e. The van der Waals surface area contributed by atoms with Gasteiger partial charge in [-0.1, -0.05) is 0 Å². The van der Waals surface area contributed by atoms with E-state index in [0.29, 0.717) is 0 Å². The fraction of sp³-hybridized carbons (Fsp3) is 0.538. The van der Waals surface area contributed by atoms with Crippen molar-refractivity contribution in [3.63, 3.8) is 0 Å². The van der Waals surface area contributed by atoms with Crippen LogP contribution in [0.5, 0.6) is 5.75 Å². The lowest BCUT2D eigenvalue weighted by Gasteiger charge is -2.19. The van der Waals surface area contributed by atoms with Crippen LogP contribution in [0.25, 0.3) is 0 Å². The van der Waals surface area contributed by atoms with Crippen molar-refractivity contribution in [3.05, 3.63) is 29.1 Å². The van der Waals surface area contributed by atoms with Crippen LogP contribution < -0.4 is 4.74 Å². The highest BCUT2D eigenvalue weighted by Gasteiger charge is 2.47. The first-order chi connectivity index (χ1) is 14.1. The van der Waals surface area contributed by atoms with Gasteiger partial charge in [-0.3, -0.25) is 4.52 Å². The Hall–Kier alpha value is -0.760. The average Bonchev–Trinajstić information content (AvgIpc) is 2.87. The second-order valence-electron chi connectivity index (χ2n) is 6.31. The van der Waals surface area contributed by atoms with Crippen LogP contribution in [0, 0.1) is 12.7 Å². The third kappa shape index (κ3) is 7.11. The predicted molar refractivity (Wildman–Crippen MR) is 97.1 cm³/mol. The normalized spacial score (nSPS) is 28.2. The van der Waals surface area contributed by atoms with Gasteiger partial charge in [-0.2, -0.15) is 8.62 Å². The summed E-state index contributed by atoms with van der Waals surface area (Å²) in [6, 6.07) is 2.34. The molecule has 1 aliphatic heterocycles. The third-order valence-electron chi connectivity index (χ3n) is 4.00. The largest absolute Gasteiger partial charge is 0.496 e. The molecule has 0 amide bonds. The van der Waals surface area contributed by atoms with E-state index in [1.807, 2.05) is 0 Å². The highest BCUT2D eigenvalue weighted by molar-refractivity contribution is 7.66. The van der Waals surface area contributed by atoms with Gasteiger partial charge in [0.1, 0.15) is 36.0 Å². The van der Waals surface area contributed by atoms with Crippen LogP contribution in [-0.2, 0) is 31.6 Å². The number of phosphoric acid groups is 3. The van der Waals surface area contributed by atoms with Crippen molar-refractivity contribution < 1.29 is 70.5 Å². The van der Waals surface area contributed by atoms with Crippen molar-refractivity contribution in [3.8, 4) is 5.75 Å². The van der Waals surface area contributed by atoms with Gasteiger partial charge < -0.3 is 39.3 Å². The molecule has 31 heavy (non-hydrogen) atoms. The summed E-state index contributed by atoms with van der Waals surface area (Å²) in [5, 5.41) is 20.4. The summed E-state index contributed by atoms with van der Waals surface area (Å²) in [5.74, 6) is -0.526. The lowest BCUT2D eigenvalue weighted by Crippen LogP contribution is -2.33. The summed E-state index contributed by atoms with van der Waals surface area (Å²) < 4.78 is 69.6. The standard InChI is InChI=1S/C13H20FO14P3/c1-6-3-9(24-2)7(4-8(6)14)13-12(16)11(15)10(26-13)5-25-30(20,21)28-31(22,23)27-29(17,18)19/h3-4,10-13,15-16H,5H2,1-2H3,(H,20,21)(H,22,23)(H2,17,18,19)/t10-,11+,12?,13+/m1/s1. The Balaban J connectivity index is 2.11. The molecule has 1 aliphatic rings. The maximum atomic E-state index is 14.0. The summed E-state index contributed by atoms with van der Waals surface area (Å²) in [6.07, 6.45) is -6.20. The molecule has 1 fully saturated rings. The number of aliphatic hydroxyl groups excluding tert-OH is 2. The van der Waals surface area contributed by atoms with Gasteiger partial charge in [0.2, 0.25) is 0 Å². The minimum absolute atomic E-state index is 0.0259. The van der Waals surface area contributed by atoms with Crippen LogP contribution in [0.1, 0.15) is 17.2 Å². The lowest BCUT2D eigenvalue weighted by atomic mass is 9.99. The number of hydrogen-bond acceptors (Lipinski definition) is 10. The summed E-state index contributed by atoms with van der Waals surface area (Å²) in [4.78, 5) is 35.5. The Morgan fingerprint density at radius 1 is 1.03 bits per heavy atom. The highest BCUT2D eigenvalue weighted by Crippen LogP contribution is 2.66. The minimum atomic E-state index is -5.72. The maximum Gasteiger partial charge on any atom is 0.490 e. The summed E-state index contributed by atoms with van der Waals surface area (Å²) in [5.41, 5.74) is 0.260. The van der Waals surface area contributed by atoms with Crippen molar-refractivity contribution in [1.29, 1.82) is 0 Å². The molecule has 0 bridgehead atoms. The Kier molecular flexibility index (Phi) is 8.22. The summed E-state index contributed by atoms with van der Waals surface area (Å²) in [6.45, 7) is 0.475. The van der Waals surface area contributed by atoms with Gasteiger partial charge in [0.15, 0.2) is 0 Å². The molecule has 1 heterocycles. The molecule has 18 heteroatoms. The molecule has 3 unspecified atom stereocenters. The molecule has 6 N–H and O–H groups in total. The van der Waals surface area contributed by atoms with Crippen molar-refractivity contribution >= 4 is 23.5 Å². The third-order valence-corrected chi connectivity index (χ3v) is 7.80. The van der Waals surface area contributed by atoms with E-state index in [0.717, 1.165) is 6.07 Å². The summed E-state index contributed by atoms with van der Waals surface area (Å²) in [7, 11) is -15.5. The van der Waals surface area contributed by atoms with Gasteiger partial charge in [0.25, 0.3) is 0 Å².